The van der Waals surface area contributed by atoms with Crippen molar-refractivity contribution in [1.29, 1.82) is 0 Å². The maximum Gasteiger partial charge on any atom is 0.246 e. The number of nitrogens with zero attached hydrogens (tertiary/aromatic N) is 3. The summed E-state index contributed by atoms with van der Waals surface area (Å²) < 4.78 is 26.4. The molecule has 31 heavy (non-hydrogen) atoms. The van der Waals surface area contributed by atoms with Crippen molar-refractivity contribution in [2.24, 2.45) is 0 Å². The maximum absolute atomic E-state index is 13.3. The van der Waals surface area contributed by atoms with Crippen molar-refractivity contribution < 1.29 is 13.2 Å². The Bertz CT molecular complexity index is 1080. The number of hydrogen-bond donors (Lipinski definition) is 0. The number of sulfonamides is 1. The minimum Gasteiger partial charge on any atom is -0.368 e. The van der Waals surface area contributed by atoms with E-state index in [0.717, 1.165) is 23.1 Å². The number of halogens is 2. The number of benzene rings is 2. The largest absolute Gasteiger partial charge is 0.368 e. The highest BCUT2D eigenvalue weighted by atomic mass is 35.5. The first kappa shape index (κ1) is 23.7. The third-order valence-electron chi connectivity index (χ3n) is 5.58. The lowest BCUT2D eigenvalue weighted by Gasteiger charge is -2.39. The van der Waals surface area contributed by atoms with Gasteiger partial charge in [-0.25, -0.2) is 8.42 Å². The van der Waals surface area contributed by atoms with E-state index in [1.165, 1.54) is 4.31 Å². The zero-order chi connectivity index (χ0) is 22.9. The molecule has 0 spiro atoms. The van der Waals surface area contributed by atoms with Crippen LogP contribution in [0.5, 0.6) is 0 Å². The fourth-order valence-electron chi connectivity index (χ4n) is 3.95. The van der Waals surface area contributed by atoms with Gasteiger partial charge in [0.1, 0.15) is 6.04 Å². The molecular formula is C22H27Cl2N3O3S. The lowest BCUT2D eigenvalue weighted by Crippen LogP contribution is -2.55. The van der Waals surface area contributed by atoms with E-state index in [1.807, 2.05) is 25.1 Å². The van der Waals surface area contributed by atoms with Gasteiger partial charge in [0.15, 0.2) is 0 Å². The minimum atomic E-state index is -3.70. The van der Waals surface area contributed by atoms with Crippen molar-refractivity contribution >= 4 is 50.5 Å². The molecular weight excluding hydrogens is 457 g/mol. The molecule has 2 aromatic carbocycles. The van der Waals surface area contributed by atoms with Gasteiger partial charge in [-0.2, -0.15) is 0 Å². The number of piperazine rings is 1. The third kappa shape index (κ3) is 5.27. The van der Waals surface area contributed by atoms with Crippen LogP contribution in [0.15, 0.2) is 36.4 Å². The Labute approximate surface area is 194 Å². The van der Waals surface area contributed by atoms with Gasteiger partial charge in [0.05, 0.1) is 11.9 Å². The van der Waals surface area contributed by atoms with Crippen molar-refractivity contribution in [2.45, 2.75) is 26.8 Å². The summed E-state index contributed by atoms with van der Waals surface area (Å²) in [5, 5.41) is 1.09. The third-order valence-corrected chi connectivity index (χ3v) is 7.28. The molecule has 9 heteroatoms. The van der Waals surface area contributed by atoms with Crippen molar-refractivity contribution in [3.8, 4) is 0 Å². The quantitative estimate of drug-likeness (QED) is 0.641. The van der Waals surface area contributed by atoms with E-state index < -0.39 is 16.1 Å². The van der Waals surface area contributed by atoms with Gasteiger partial charge in [-0.1, -0.05) is 35.3 Å². The summed E-state index contributed by atoms with van der Waals surface area (Å²) in [6.07, 6.45) is 1.11. The Morgan fingerprint density at radius 3 is 2.10 bits per heavy atom. The predicted molar refractivity (Wildman–Crippen MR) is 128 cm³/mol. The van der Waals surface area contributed by atoms with E-state index in [9.17, 15) is 13.2 Å². The predicted octanol–water partition coefficient (Wildman–Crippen LogP) is 4.11. The molecule has 1 aliphatic heterocycles. The lowest BCUT2D eigenvalue weighted by molar-refractivity contribution is -0.132. The first-order chi connectivity index (χ1) is 14.5. The fourth-order valence-corrected chi connectivity index (χ4v) is 5.50. The average molecular weight is 484 g/mol. The smallest absolute Gasteiger partial charge is 0.246 e. The van der Waals surface area contributed by atoms with Crippen molar-refractivity contribution in [1.82, 2.24) is 4.90 Å². The Hall–Kier alpha value is -1.96. The lowest BCUT2D eigenvalue weighted by atomic mass is 10.1. The van der Waals surface area contributed by atoms with Crippen LogP contribution in [0.1, 0.15) is 18.1 Å². The van der Waals surface area contributed by atoms with Gasteiger partial charge in [0, 0.05) is 41.9 Å². The van der Waals surface area contributed by atoms with Crippen LogP contribution in [0.3, 0.4) is 0 Å². The maximum atomic E-state index is 13.3. The number of hydrogen-bond acceptors (Lipinski definition) is 4. The Morgan fingerprint density at radius 1 is 0.968 bits per heavy atom. The van der Waals surface area contributed by atoms with E-state index in [0.29, 0.717) is 41.9 Å². The van der Waals surface area contributed by atoms with Gasteiger partial charge in [0.25, 0.3) is 0 Å². The summed E-state index contributed by atoms with van der Waals surface area (Å²) >= 11 is 12.3. The molecule has 2 aromatic rings. The summed E-state index contributed by atoms with van der Waals surface area (Å²) in [7, 11) is -3.70. The van der Waals surface area contributed by atoms with E-state index in [2.05, 4.69) is 4.90 Å². The van der Waals surface area contributed by atoms with Crippen LogP contribution in [0.4, 0.5) is 11.4 Å². The molecule has 0 N–H and O–H groups in total. The highest BCUT2D eigenvalue weighted by molar-refractivity contribution is 7.92. The molecule has 0 saturated carbocycles. The van der Waals surface area contributed by atoms with E-state index in [1.54, 1.807) is 36.9 Å². The average Bonchev–Trinajstić information content (AvgIpc) is 2.71. The molecule has 6 nitrogen and oxygen atoms in total. The van der Waals surface area contributed by atoms with Crippen LogP contribution < -0.4 is 9.21 Å². The van der Waals surface area contributed by atoms with E-state index in [-0.39, 0.29) is 5.91 Å². The van der Waals surface area contributed by atoms with Crippen LogP contribution in [0.2, 0.25) is 10.0 Å². The Morgan fingerprint density at radius 2 is 1.52 bits per heavy atom. The monoisotopic (exact) mass is 483 g/mol. The van der Waals surface area contributed by atoms with Gasteiger partial charge in [0.2, 0.25) is 15.9 Å². The normalized spacial score (nSPS) is 15.7. The fraction of sp³-hybridized carbons (Fsp3) is 0.409. The topological polar surface area (TPSA) is 60.9 Å². The molecule has 1 atom stereocenters. The molecule has 1 heterocycles. The van der Waals surface area contributed by atoms with E-state index in [4.69, 9.17) is 23.2 Å². The number of rotatable bonds is 5. The number of carbonyl (C=O) groups is 1. The highest BCUT2D eigenvalue weighted by Crippen LogP contribution is 2.29. The van der Waals surface area contributed by atoms with Gasteiger partial charge >= 0.3 is 0 Å². The van der Waals surface area contributed by atoms with Crippen LogP contribution in [0, 0.1) is 13.8 Å². The summed E-state index contributed by atoms with van der Waals surface area (Å²) in [6.45, 7) is 7.75. The molecule has 1 saturated heterocycles. The van der Waals surface area contributed by atoms with Crippen LogP contribution in [-0.2, 0) is 14.8 Å². The molecule has 168 valence electrons. The van der Waals surface area contributed by atoms with Crippen molar-refractivity contribution in [3.05, 3.63) is 57.6 Å². The van der Waals surface area contributed by atoms with Crippen molar-refractivity contribution in [3.63, 3.8) is 0 Å². The zero-order valence-electron chi connectivity index (χ0n) is 18.1. The minimum absolute atomic E-state index is 0.229. The molecule has 1 aliphatic rings. The van der Waals surface area contributed by atoms with Gasteiger partial charge in [-0.3, -0.25) is 9.10 Å². The van der Waals surface area contributed by atoms with Gasteiger partial charge in [-0.05, 0) is 56.2 Å². The Balaban J connectivity index is 1.79. The second-order valence-corrected chi connectivity index (χ2v) is 10.6. The molecule has 1 amide bonds. The van der Waals surface area contributed by atoms with Gasteiger partial charge in [-0.15, -0.1) is 0 Å². The summed E-state index contributed by atoms with van der Waals surface area (Å²) in [5.41, 5.74) is 3.33. The molecule has 1 fully saturated rings. The summed E-state index contributed by atoms with van der Waals surface area (Å²) in [6, 6.07) is 9.93. The van der Waals surface area contributed by atoms with Crippen LogP contribution >= 0.6 is 23.2 Å². The molecule has 3 rings (SSSR count). The molecule has 0 aromatic heterocycles. The molecule has 0 bridgehead atoms. The number of aryl methyl sites for hydroxylation is 2. The molecule has 0 aliphatic carbocycles. The standard InChI is InChI=1S/C22H27Cl2N3O3S/c1-15-5-7-18(23)13-20(15)25-9-11-26(12-10-25)22(28)17(3)27(31(4,29)30)21-14-19(24)8-6-16(21)2/h5-8,13-14,17H,9-12H2,1-4H3/t17-/m1/s1. The number of carbonyl (C=O) groups excluding carboxylic acids is 1. The van der Waals surface area contributed by atoms with Crippen LogP contribution in [0.25, 0.3) is 0 Å². The summed E-state index contributed by atoms with van der Waals surface area (Å²) in [4.78, 5) is 17.2. The zero-order valence-corrected chi connectivity index (χ0v) is 20.4. The second-order valence-electron chi connectivity index (χ2n) is 7.91. The Kier molecular flexibility index (Phi) is 7.08. The number of amides is 1. The molecule has 0 radical (unpaired) electrons. The van der Waals surface area contributed by atoms with Crippen molar-refractivity contribution in [2.75, 3.05) is 41.6 Å². The van der Waals surface area contributed by atoms with Crippen LogP contribution in [-0.4, -0.2) is 57.7 Å². The molecule has 0 unspecified atom stereocenters. The summed E-state index contributed by atoms with van der Waals surface area (Å²) in [5.74, 6) is -0.229. The van der Waals surface area contributed by atoms with E-state index >= 15 is 0 Å². The number of anilines is 2. The first-order valence-corrected chi connectivity index (χ1v) is 12.6. The van der Waals surface area contributed by atoms with Gasteiger partial charge < -0.3 is 9.80 Å². The highest BCUT2D eigenvalue weighted by Gasteiger charge is 2.34. The first-order valence-electron chi connectivity index (χ1n) is 10.0. The SMILES string of the molecule is Cc1ccc(Cl)cc1N1CCN(C(=O)[C@@H](C)N(c2cc(Cl)ccc2C)S(C)(=O)=O)CC1. The second kappa shape index (κ2) is 9.27.